The summed E-state index contributed by atoms with van der Waals surface area (Å²) in [7, 11) is 0. The molecule has 2 aromatic heterocycles. The Balaban J connectivity index is 1.92. The average molecular weight is 301 g/mol. The van der Waals surface area contributed by atoms with Gasteiger partial charge < -0.3 is 4.98 Å². The van der Waals surface area contributed by atoms with Crippen LogP contribution in [-0.4, -0.2) is 9.97 Å². The van der Waals surface area contributed by atoms with Crippen molar-refractivity contribution in [1.29, 1.82) is 0 Å². The summed E-state index contributed by atoms with van der Waals surface area (Å²) in [5, 5.41) is 1.18. The summed E-state index contributed by atoms with van der Waals surface area (Å²) in [5.74, 6) is 0. The molecular formula is C15H13BrN2. The minimum Gasteiger partial charge on any atom is -0.344 e. The molecule has 0 aliphatic rings. The Morgan fingerprint density at radius 1 is 1.11 bits per heavy atom. The van der Waals surface area contributed by atoms with Crippen molar-refractivity contribution >= 4 is 27.0 Å². The highest BCUT2D eigenvalue weighted by atomic mass is 79.9. The number of rotatable bonds is 2. The normalized spacial score (nSPS) is 11.0. The smallest absolute Gasteiger partial charge is 0.137 e. The number of hydrogen-bond donors (Lipinski definition) is 1. The number of nitrogens with zero attached hydrogens (tertiary/aromatic N) is 1. The van der Waals surface area contributed by atoms with Gasteiger partial charge in [0.2, 0.25) is 0 Å². The molecule has 3 aromatic rings. The molecule has 0 atom stereocenters. The van der Waals surface area contributed by atoms with Gasteiger partial charge >= 0.3 is 0 Å². The number of H-pyrrole nitrogens is 1. The van der Waals surface area contributed by atoms with Crippen LogP contribution in [0.2, 0.25) is 0 Å². The Hall–Kier alpha value is -1.61. The van der Waals surface area contributed by atoms with Crippen molar-refractivity contribution in [1.82, 2.24) is 9.97 Å². The molecule has 18 heavy (non-hydrogen) atoms. The SMILES string of the molecule is Cc1cc2cc(Cc3ccc(Br)cc3)cnc2[nH]1. The molecule has 3 rings (SSSR count). The highest BCUT2D eigenvalue weighted by molar-refractivity contribution is 9.10. The van der Waals surface area contributed by atoms with Gasteiger partial charge in [-0.1, -0.05) is 28.1 Å². The standard InChI is InChI=1S/C15H13BrN2/c1-10-6-13-8-12(9-17-15(13)18-10)7-11-2-4-14(16)5-3-11/h2-6,8-9H,7H2,1H3,(H,17,18). The second kappa shape index (κ2) is 4.58. The lowest BCUT2D eigenvalue weighted by Gasteiger charge is -2.02. The number of hydrogen-bond acceptors (Lipinski definition) is 1. The van der Waals surface area contributed by atoms with E-state index in [0.717, 1.165) is 22.2 Å². The average Bonchev–Trinajstić information content (AvgIpc) is 2.71. The lowest BCUT2D eigenvalue weighted by molar-refractivity contribution is 1.16. The summed E-state index contributed by atoms with van der Waals surface area (Å²) >= 11 is 3.45. The van der Waals surface area contributed by atoms with Gasteiger partial charge in [-0.15, -0.1) is 0 Å². The summed E-state index contributed by atoms with van der Waals surface area (Å²) in [6, 6.07) is 12.7. The number of benzene rings is 1. The summed E-state index contributed by atoms with van der Waals surface area (Å²) in [4.78, 5) is 7.69. The van der Waals surface area contributed by atoms with Gasteiger partial charge in [-0.05, 0) is 48.7 Å². The predicted octanol–water partition coefficient (Wildman–Crippen LogP) is 4.22. The molecule has 90 valence electrons. The molecule has 0 spiro atoms. The van der Waals surface area contributed by atoms with Crippen LogP contribution in [0.1, 0.15) is 16.8 Å². The van der Waals surface area contributed by atoms with Crippen LogP contribution in [-0.2, 0) is 6.42 Å². The zero-order valence-electron chi connectivity index (χ0n) is 10.1. The molecule has 0 fully saturated rings. The minimum absolute atomic E-state index is 0.917. The molecule has 0 unspecified atom stereocenters. The highest BCUT2D eigenvalue weighted by Crippen LogP contribution is 2.18. The first-order valence-electron chi connectivity index (χ1n) is 5.89. The van der Waals surface area contributed by atoms with E-state index in [9.17, 15) is 0 Å². The molecule has 0 saturated carbocycles. The molecule has 0 bridgehead atoms. The Morgan fingerprint density at radius 2 is 1.89 bits per heavy atom. The molecule has 1 N–H and O–H groups in total. The molecule has 2 heterocycles. The maximum Gasteiger partial charge on any atom is 0.137 e. The Bertz CT molecular complexity index is 683. The maximum atomic E-state index is 4.45. The van der Waals surface area contributed by atoms with Crippen LogP contribution in [0.4, 0.5) is 0 Å². The van der Waals surface area contributed by atoms with Gasteiger partial charge in [0.15, 0.2) is 0 Å². The fourth-order valence-electron chi connectivity index (χ4n) is 2.13. The molecule has 1 aromatic carbocycles. The van der Waals surface area contributed by atoms with Crippen LogP contribution in [0.15, 0.2) is 47.1 Å². The fraction of sp³-hybridized carbons (Fsp3) is 0.133. The van der Waals surface area contributed by atoms with Gasteiger partial charge in [-0.25, -0.2) is 4.98 Å². The van der Waals surface area contributed by atoms with Crippen LogP contribution in [0.25, 0.3) is 11.0 Å². The number of aromatic amines is 1. The second-order valence-corrected chi connectivity index (χ2v) is 5.45. The molecule has 0 saturated heterocycles. The number of fused-ring (bicyclic) bond motifs is 1. The third kappa shape index (κ3) is 2.31. The highest BCUT2D eigenvalue weighted by Gasteiger charge is 2.02. The largest absolute Gasteiger partial charge is 0.344 e. The van der Waals surface area contributed by atoms with E-state index < -0.39 is 0 Å². The molecule has 0 amide bonds. The third-order valence-corrected chi connectivity index (χ3v) is 3.51. The lowest BCUT2D eigenvalue weighted by Crippen LogP contribution is -1.89. The Kier molecular flexibility index (Phi) is 2.92. The van der Waals surface area contributed by atoms with Crippen molar-refractivity contribution < 1.29 is 0 Å². The summed E-state index contributed by atoms with van der Waals surface area (Å²) in [6.45, 7) is 2.05. The topological polar surface area (TPSA) is 28.7 Å². The monoisotopic (exact) mass is 300 g/mol. The molecule has 3 heteroatoms. The maximum absolute atomic E-state index is 4.45. The molecule has 0 radical (unpaired) electrons. The van der Waals surface area contributed by atoms with Crippen molar-refractivity contribution in [2.24, 2.45) is 0 Å². The second-order valence-electron chi connectivity index (χ2n) is 4.54. The van der Waals surface area contributed by atoms with Gasteiger partial charge in [0.05, 0.1) is 0 Å². The van der Waals surface area contributed by atoms with Crippen LogP contribution in [0.5, 0.6) is 0 Å². The number of aromatic nitrogens is 2. The molecular weight excluding hydrogens is 288 g/mol. The van der Waals surface area contributed by atoms with Crippen molar-refractivity contribution in [3.8, 4) is 0 Å². The molecule has 2 nitrogen and oxygen atoms in total. The van der Waals surface area contributed by atoms with E-state index in [0.29, 0.717) is 0 Å². The zero-order valence-corrected chi connectivity index (χ0v) is 11.7. The van der Waals surface area contributed by atoms with Crippen LogP contribution in [0.3, 0.4) is 0 Å². The first-order valence-corrected chi connectivity index (χ1v) is 6.69. The van der Waals surface area contributed by atoms with E-state index in [2.05, 4.69) is 69.2 Å². The predicted molar refractivity (Wildman–Crippen MR) is 77.8 cm³/mol. The molecule has 0 aliphatic carbocycles. The van der Waals surface area contributed by atoms with Crippen molar-refractivity contribution in [3.63, 3.8) is 0 Å². The van der Waals surface area contributed by atoms with Gasteiger partial charge in [0.1, 0.15) is 5.65 Å². The van der Waals surface area contributed by atoms with E-state index in [1.54, 1.807) is 0 Å². The number of nitrogens with one attached hydrogen (secondary N) is 1. The van der Waals surface area contributed by atoms with Crippen LogP contribution in [0, 0.1) is 6.92 Å². The summed E-state index contributed by atoms with van der Waals surface area (Å²) < 4.78 is 1.11. The zero-order chi connectivity index (χ0) is 12.5. The fourth-order valence-corrected chi connectivity index (χ4v) is 2.40. The van der Waals surface area contributed by atoms with Gasteiger partial charge in [0, 0.05) is 21.7 Å². The van der Waals surface area contributed by atoms with Crippen molar-refractivity contribution in [3.05, 3.63) is 63.9 Å². The Morgan fingerprint density at radius 3 is 2.67 bits per heavy atom. The first kappa shape index (κ1) is 11.5. The minimum atomic E-state index is 0.917. The number of pyridine rings is 1. The van der Waals surface area contributed by atoms with E-state index in [1.165, 1.54) is 16.5 Å². The van der Waals surface area contributed by atoms with Crippen molar-refractivity contribution in [2.45, 2.75) is 13.3 Å². The summed E-state index contributed by atoms with van der Waals surface area (Å²) in [5.41, 5.74) is 4.65. The number of halogens is 1. The molecule has 0 aliphatic heterocycles. The third-order valence-electron chi connectivity index (χ3n) is 2.98. The quantitative estimate of drug-likeness (QED) is 0.754. The van der Waals surface area contributed by atoms with Gasteiger partial charge in [0.25, 0.3) is 0 Å². The Labute approximate surface area is 114 Å². The summed E-state index contributed by atoms with van der Waals surface area (Å²) in [6.07, 6.45) is 2.86. The van der Waals surface area contributed by atoms with Crippen LogP contribution < -0.4 is 0 Å². The van der Waals surface area contributed by atoms with E-state index in [1.807, 2.05) is 6.20 Å². The van der Waals surface area contributed by atoms with Gasteiger partial charge in [-0.3, -0.25) is 0 Å². The van der Waals surface area contributed by atoms with E-state index in [4.69, 9.17) is 0 Å². The number of aryl methyl sites for hydroxylation is 1. The van der Waals surface area contributed by atoms with Gasteiger partial charge in [-0.2, -0.15) is 0 Å². The van der Waals surface area contributed by atoms with E-state index >= 15 is 0 Å². The lowest BCUT2D eigenvalue weighted by atomic mass is 10.1. The van der Waals surface area contributed by atoms with Crippen LogP contribution >= 0.6 is 15.9 Å². The van der Waals surface area contributed by atoms with E-state index in [-0.39, 0.29) is 0 Å². The van der Waals surface area contributed by atoms with Crippen molar-refractivity contribution in [2.75, 3.05) is 0 Å². The first-order chi connectivity index (χ1) is 8.70.